The van der Waals surface area contributed by atoms with Crippen LogP contribution in [0.25, 0.3) is 0 Å². The summed E-state index contributed by atoms with van der Waals surface area (Å²) < 4.78 is 1.04. The second kappa shape index (κ2) is 6.13. The van der Waals surface area contributed by atoms with Crippen molar-refractivity contribution < 1.29 is 0 Å². The maximum atomic E-state index is 6.26. The average Bonchev–Trinajstić information content (AvgIpc) is 2.85. The van der Waals surface area contributed by atoms with Crippen LogP contribution in [0.5, 0.6) is 0 Å². The summed E-state index contributed by atoms with van der Waals surface area (Å²) in [5, 5.41) is 4.53. The predicted molar refractivity (Wildman–Crippen MR) is 83.6 cm³/mol. The van der Waals surface area contributed by atoms with E-state index in [4.69, 9.17) is 11.6 Å². The first-order chi connectivity index (χ1) is 9.22. The van der Waals surface area contributed by atoms with Gasteiger partial charge in [0, 0.05) is 28.1 Å². The Morgan fingerprint density at radius 1 is 1.32 bits per heavy atom. The highest BCUT2D eigenvalue weighted by Gasteiger charge is 2.31. The molecule has 0 spiro atoms. The van der Waals surface area contributed by atoms with Gasteiger partial charge in [0.2, 0.25) is 0 Å². The molecule has 0 radical (unpaired) electrons. The third kappa shape index (κ3) is 3.33. The van der Waals surface area contributed by atoms with Gasteiger partial charge in [-0.3, -0.25) is 0 Å². The fraction of sp³-hybridized carbons (Fsp3) is 0.600. The minimum atomic E-state index is 0.652. The number of rotatable bonds is 3. The normalized spacial score (nSPS) is 27.5. The second-order valence-corrected chi connectivity index (χ2v) is 6.99. The molecule has 2 aliphatic rings. The molecule has 2 unspecified atom stereocenters. The van der Waals surface area contributed by atoms with Crippen molar-refractivity contribution in [2.75, 3.05) is 13.1 Å². The Morgan fingerprint density at radius 2 is 2.21 bits per heavy atom. The number of hydrogen-bond acceptors (Lipinski definition) is 2. The molecule has 2 fully saturated rings. The van der Waals surface area contributed by atoms with Crippen molar-refractivity contribution in [2.24, 2.45) is 0 Å². The van der Waals surface area contributed by atoms with Crippen LogP contribution >= 0.6 is 27.5 Å². The lowest BCUT2D eigenvalue weighted by Gasteiger charge is -2.35. The molecular weight excluding hydrogens is 324 g/mol. The van der Waals surface area contributed by atoms with Gasteiger partial charge in [-0.2, -0.15) is 0 Å². The fourth-order valence-electron chi connectivity index (χ4n) is 3.33. The molecule has 4 heteroatoms. The molecule has 3 rings (SSSR count). The maximum Gasteiger partial charge on any atom is 0.0462 e. The zero-order valence-electron chi connectivity index (χ0n) is 11.0. The first-order valence-corrected chi connectivity index (χ1v) is 8.31. The summed E-state index contributed by atoms with van der Waals surface area (Å²) in [5.41, 5.74) is 1.19. The van der Waals surface area contributed by atoms with Gasteiger partial charge >= 0.3 is 0 Å². The van der Waals surface area contributed by atoms with E-state index in [1.807, 2.05) is 6.07 Å². The molecule has 1 aromatic carbocycles. The lowest BCUT2D eigenvalue weighted by Crippen LogP contribution is -2.45. The molecule has 2 aliphatic heterocycles. The van der Waals surface area contributed by atoms with E-state index in [0.717, 1.165) is 22.1 Å². The first-order valence-electron chi connectivity index (χ1n) is 7.14. The Hall–Kier alpha value is -0.0900. The summed E-state index contributed by atoms with van der Waals surface area (Å²) in [6.07, 6.45) is 5.34. The highest BCUT2D eigenvalue weighted by Crippen LogP contribution is 2.27. The van der Waals surface area contributed by atoms with E-state index in [1.165, 1.54) is 44.3 Å². The van der Waals surface area contributed by atoms with E-state index in [1.54, 1.807) is 0 Å². The van der Waals surface area contributed by atoms with Crippen molar-refractivity contribution in [1.29, 1.82) is 0 Å². The van der Waals surface area contributed by atoms with Crippen LogP contribution in [0.1, 0.15) is 31.2 Å². The van der Waals surface area contributed by atoms with E-state index in [0.29, 0.717) is 6.04 Å². The molecule has 19 heavy (non-hydrogen) atoms. The van der Waals surface area contributed by atoms with Crippen molar-refractivity contribution in [1.82, 2.24) is 10.2 Å². The number of nitrogens with one attached hydrogen (secondary N) is 1. The minimum Gasteiger partial charge on any atom is -0.310 e. The number of hydrogen-bond donors (Lipinski definition) is 1. The van der Waals surface area contributed by atoms with Crippen LogP contribution in [-0.2, 0) is 6.54 Å². The number of fused-ring (bicyclic) bond motifs is 1. The van der Waals surface area contributed by atoms with E-state index in [-0.39, 0.29) is 0 Å². The van der Waals surface area contributed by atoms with Gasteiger partial charge in [0.15, 0.2) is 0 Å². The van der Waals surface area contributed by atoms with Gasteiger partial charge in [-0.25, -0.2) is 0 Å². The number of nitrogens with zero attached hydrogens (tertiary/aromatic N) is 1. The summed E-state index contributed by atoms with van der Waals surface area (Å²) in [7, 11) is 0. The highest BCUT2D eigenvalue weighted by atomic mass is 79.9. The second-order valence-electron chi connectivity index (χ2n) is 5.67. The van der Waals surface area contributed by atoms with Crippen LogP contribution in [0.15, 0.2) is 22.7 Å². The van der Waals surface area contributed by atoms with Crippen LogP contribution in [0.2, 0.25) is 5.02 Å². The molecule has 2 atom stereocenters. The third-order valence-electron chi connectivity index (χ3n) is 4.42. The van der Waals surface area contributed by atoms with Crippen molar-refractivity contribution in [3.63, 3.8) is 0 Å². The average molecular weight is 344 g/mol. The summed E-state index contributed by atoms with van der Waals surface area (Å²) in [4.78, 5) is 2.66. The molecule has 1 N–H and O–H groups in total. The smallest absolute Gasteiger partial charge is 0.0462 e. The van der Waals surface area contributed by atoms with Crippen LogP contribution in [0.3, 0.4) is 0 Å². The van der Waals surface area contributed by atoms with Crippen LogP contribution in [-0.4, -0.2) is 30.1 Å². The Morgan fingerprint density at radius 3 is 3.05 bits per heavy atom. The molecule has 0 saturated carbocycles. The van der Waals surface area contributed by atoms with Gasteiger partial charge in [0.05, 0.1) is 0 Å². The molecule has 1 aromatic rings. The molecule has 2 saturated heterocycles. The molecule has 0 amide bonds. The highest BCUT2D eigenvalue weighted by molar-refractivity contribution is 9.10. The van der Waals surface area contributed by atoms with Crippen LogP contribution < -0.4 is 5.32 Å². The number of piperidine rings is 1. The summed E-state index contributed by atoms with van der Waals surface area (Å²) in [6, 6.07) is 7.61. The summed E-state index contributed by atoms with van der Waals surface area (Å²) in [5.74, 6) is 0. The van der Waals surface area contributed by atoms with Crippen molar-refractivity contribution in [2.45, 2.75) is 44.3 Å². The molecule has 0 bridgehead atoms. The predicted octanol–water partition coefficient (Wildman–Crippen LogP) is 3.82. The zero-order valence-corrected chi connectivity index (χ0v) is 13.4. The van der Waals surface area contributed by atoms with E-state index < -0.39 is 0 Å². The van der Waals surface area contributed by atoms with Crippen molar-refractivity contribution in [3.05, 3.63) is 33.3 Å². The Bertz CT molecular complexity index is 452. The topological polar surface area (TPSA) is 15.3 Å². The summed E-state index contributed by atoms with van der Waals surface area (Å²) >= 11 is 9.70. The fourth-order valence-corrected chi connectivity index (χ4v) is 4.07. The van der Waals surface area contributed by atoms with E-state index in [9.17, 15) is 0 Å². The lowest BCUT2D eigenvalue weighted by atomic mass is 9.97. The molecule has 0 aliphatic carbocycles. The van der Waals surface area contributed by atoms with Crippen molar-refractivity contribution in [3.8, 4) is 0 Å². The zero-order chi connectivity index (χ0) is 13.2. The summed E-state index contributed by atoms with van der Waals surface area (Å²) in [6.45, 7) is 3.45. The number of benzene rings is 1. The van der Waals surface area contributed by atoms with Crippen LogP contribution in [0, 0.1) is 0 Å². The molecule has 0 aromatic heterocycles. The Balaban J connectivity index is 1.54. The van der Waals surface area contributed by atoms with Gasteiger partial charge in [-0.15, -0.1) is 0 Å². The monoisotopic (exact) mass is 342 g/mol. The minimum absolute atomic E-state index is 0.652. The van der Waals surface area contributed by atoms with Gasteiger partial charge in [0.25, 0.3) is 0 Å². The van der Waals surface area contributed by atoms with Crippen LogP contribution in [0.4, 0.5) is 0 Å². The molecule has 2 nitrogen and oxygen atoms in total. The Labute approximate surface area is 128 Å². The maximum absolute atomic E-state index is 6.26. The van der Waals surface area contributed by atoms with E-state index in [2.05, 4.69) is 38.3 Å². The Kier molecular flexibility index (Phi) is 4.47. The largest absolute Gasteiger partial charge is 0.310 e. The standard InChI is InChI=1S/C15H20BrClN2/c16-12-4-3-11(15(17)8-12)10-18-13-5-7-19-6-1-2-14(19)9-13/h3-4,8,13-14,18H,1-2,5-7,9-10H2. The molecule has 2 heterocycles. The third-order valence-corrected chi connectivity index (χ3v) is 5.26. The van der Waals surface area contributed by atoms with Gasteiger partial charge in [-0.1, -0.05) is 33.6 Å². The number of halogens is 2. The molecular formula is C15H20BrClN2. The van der Waals surface area contributed by atoms with E-state index >= 15 is 0 Å². The SMILES string of the molecule is Clc1cc(Br)ccc1CNC1CCN2CCCC2C1. The first kappa shape index (κ1) is 13.9. The van der Waals surface area contributed by atoms with Gasteiger partial charge in [0.1, 0.15) is 0 Å². The van der Waals surface area contributed by atoms with Crippen molar-refractivity contribution >= 4 is 27.5 Å². The molecule has 104 valence electrons. The quantitative estimate of drug-likeness (QED) is 0.897. The van der Waals surface area contributed by atoms with Gasteiger partial charge < -0.3 is 10.2 Å². The lowest BCUT2D eigenvalue weighted by molar-refractivity contribution is 0.166. The van der Waals surface area contributed by atoms with Gasteiger partial charge in [-0.05, 0) is 56.5 Å².